The van der Waals surface area contributed by atoms with Crippen molar-refractivity contribution in [3.63, 3.8) is 0 Å². The number of rotatable bonds is 5. The Morgan fingerprint density at radius 2 is 2.17 bits per heavy atom. The Labute approximate surface area is 106 Å². The second kappa shape index (κ2) is 5.19. The lowest BCUT2D eigenvalue weighted by atomic mass is 10.1. The van der Waals surface area contributed by atoms with Crippen LogP contribution in [-0.4, -0.2) is 19.6 Å². The third-order valence-electron chi connectivity index (χ3n) is 2.93. The van der Waals surface area contributed by atoms with Gasteiger partial charge in [0.15, 0.2) is 0 Å². The zero-order chi connectivity index (χ0) is 13.1. The van der Waals surface area contributed by atoms with E-state index in [0.717, 1.165) is 24.1 Å². The third-order valence-corrected chi connectivity index (χ3v) is 2.93. The molecular weight excluding hydrogens is 230 g/mol. The molecule has 2 aromatic heterocycles. The van der Waals surface area contributed by atoms with Crippen molar-refractivity contribution in [3.8, 4) is 0 Å². The van der Waals surface area contributed by atoms with Gasteiger partial charge in [0, 0.05) is 30.9 Å². The second-order valence-electron chi connectivity index (χ2n) is 4.25. The van der Waals surface area contributed by atoms with Crippen LogP contribution in [0.3, 0.4) is 0 Å². The number of aryl methyl sites for hydroxylation is 2. The number of hydrogen-bond acceptors (Lipinski definition) is 5. The minimum Gasteiger partial charge on any atom is -0.384 e. The van der Waals surface area contributed by atoms with Crippen LogP contribution in [0, 0.1) is 0 Å². The van der Waals surface area contributed by atoms with Gasteiger partial charge in [0.2, 0.25) is 0 Å². The van der Waals surface area contributed by atoms with E-state index in [-0.39, 0.29) is 6.04 Å². The van der Waals surface area contributed by atoms with Gasteiger partial charge in [0.1, 0.15) is 5.82 Å². The van der Waals surface area contributed by atoms with Crippen molar-refractivity contribution in [2.75, 3.05) is 5.73 Å². The van der Waals surface area contributed by atoms with E-state index in [9.17, 15) is 0 Å². The number of hydrazine groups is 1. The summed E-state index contributed by atoms with van der Waals surface area (Å²) in [5.74, 6) is 6.22. The molecule has 1 unspecified atom stereocenters. The molecule has 98 valence electrons. The lowest BCUT2D eigenvalue weighted by Gasteiger charge is -2.13. The number of nitrogens with one attached hydrogen (secondary N) is 1. The van der Waals surface area contributed by atoms with Gasteiger partial charge in [0.25, 0.3) is 0 Å². The zero-order valence-corrected chi connectivity index (χ0v) is 10.7. The van der Waals surface area contributed by atoms with E-state index in [1.54, 1.807) is 24.1 Å². The molecule has 0 aliphatic heterocycles. The van der Waals surface area contributed by atoms with E-state index in [2.05, 4.69) is 22.5 Å². The second-order valence-corrected chi connectivity index (χ2v) is 4.25. The molecule has 18 heavy (non-hydrogen) atoms. The highest BCUT2D eigenvalue weighted by Gasteiger charge is 2.19. The average Bonchev–Trinajstić information content (AvgIpc) is 2.93. The van der Waals surface area contributed by atoms with E-state index < -0.39 is 0 Å². The minimum atomic E-state index is -0.190. The Kier molecular flexibility index (Phi) is 3.63. The number of anilines is 1. The normalized spacial score (nSPS) is 12.8. The molecule has 0 aliphatic carbocycles. The molecule has 2 aromatic rings. The van der Waals surface area contributed by atoms with Gasteiger partial charge < -0.3 is 5.73 Å². The van der Waals surface area contributed by atoms with Crippen molar-refractivity contribution in [2.24, 2.45) is 12.9 Å². The van der Waals surface area contributed by atoms with Gasteiger partial charge in [0.05, 0.1) is 18.4 Å². The zero-order valence-electron chi connectivity index (χ0n) is 10.7. The highest BCUT2D eigenvalue weighted by atomic mass is 15.3. The van der Waals surface area contributed by atoms with Crippen LogP contribution in [0.25, 0.3) is 0 Å². The molecule has 0 bridgehead atoms. The number of aromatic nitrogens is 4. The van der Waals surface area contributed by atoms with Crippen LogP contribution in [0.5, 0.6) is 0 Å². The van der Waals surface area contributed by atoms with Gasteiger partial charge in [-0.1, -0.05) is 6.92 Å². The first-order chi connectivity index (χ1) is 8.67. The fraction of sp³-hybridized carbons (Fsp3) is 0.455. The van der Waals surface area contributed by atoms with Crippen LogP contribution < -0.4 is 17.0 Å². The molecule has 0 radical (unpaired) electrons. The van der Waals surface area contributed by atoms with E-state index in [1.807, 2.05) is 10.9 Å². The summed E-state index contributed by atoms with van der Waals surface area (Å²) in [7, 11) is 1.80. The highest BCUT2D eigenvalue weighted by molar-refractivity contribution is 5.44. The Morgan fingerprint density at radius 3 is 2.72 bits per heavy atom. The maximum absolute atomic E-state index is 5.96. The lowest BCUT2D eigenvalue weighted by Crippen LogP contribution is -2.29. The minimum absolute atomic E-state index is 0.190. The van der Waals surface area contributed by atoms with E-state index in [0.29, 0.717) is 5.82 Å². The molecular formula is C11H19N7. The van der Waals surface area contributed by atoms with Crippen molar-refractivity contribution in [1.82, 2.24) is 25.0 Å². The van der Waals surface area contributed by atoms with Crippen molar-refractivity contribution >= 4 is 5.82 Å². The van der Waals surface area contributed by atoms with Gasteiger partial charge in [-0.3, -0.25) is 15.2 Å². The summed E-state index contributed by atoms with van der Waals surface area (Å²) in [6.07, 6.45) is 6.53. The molecule has 0 saturated carbocycles. The van der Waals surface area contributed by atoms with E-state index in [1.165, 1.54) is 0 Å². The fourth-order valence-corrected chi connectivity index (χ4v) is 1.93. The molecule has 2 rings (SSSR count). The largest absolute Gasteiger partial charge is 0.384 e. The van der Waals surface area contributed by atoms with Gasteiger partial charge in [-0.25, -0.2) is 5.43 Å². The predicted octanol–water partition coefficient (Wildman–Crippen LogP) is 0.162. The van der Waals surface area contributed by atoms with Crippen LogP contribution >= 0.6 is 0 Å². The quantitative estimate of drug-likeness (QED) is 0.518. The molecule has 0 amide bonds. The molecule has 0 aromatic carbocycles. The number of nitrogens with zero attached hydrogens (tertiary/aromatic N) is 4. The molecule has 2 heterocycles. The number of nitrogen functional groups attached to an aromatic ring is 1. The van der Waals surface area contributed by atoms with Crippen molar-refractivity contribution in [2.45, 2.75) is 25.9 Å². The van der Waals surface area contributed by atoms with E-state index >= 15 is 0 Å². The molecule has 1 atom stereocenters. The van der Waals surface area contributed by atoms with Gasteiger partial charge in [-0.05, 0) is 6.42 Å². The van der Waals surface area contributed by atoms with Crippen molar-refractivity contribution in [1.29, 1.82) is 0 Å². The Balaban J connectivity index is 2.30. The molecule has 0 spiro atoms. The van der Waals surface area contributed by atoms with Crippen LogP contribution in [0.4, 0.5) is 5.82 Å². The first-order valence-electron chi connectivity index (χ1n) is 5.93. The van der Waals surface area contributed by atoms with Crippen LogP contribution in [0.2, 0.25) is 0 Å². The van der Waals surface area contributed by atoms with Crippen LogP contribution in [0.15, 0.2) is 18.6 Å². The fourth-order valence-electron chi connectivity index (χ4n) is 1.93. The van der Waals surface area contributed by atoms with Crippen molar-refractivity contribution in [3.05, 3.63) is 29.7 Å². The van der Waals surface area contributed by atoms with Crippen LogP contribution in [0.1, 0.15) is 30.5 Å². The SMILES string of the molecule is CCCn1cc(C(NN)c2cnn(C)c2N)cn1. The number of nitrogens with two attached hydrogens (primary N) is 2. The summed E-state index contributed by atoms with van der Waals surface area (Å²) in [5.41, 5.74) is 10.6. The summed E-state index contributed by atoms with van der Waals surface area (Å²) in [4.78, 5) is 0. The maximum Gasteiger partial charge on any atom is 0.126 e. The maximum atomic E-state index is 5.96. The molecule has 0 aliphatic rings. The first-order valence-corrected chi connectivity index (χ1v) is 5.93. The van der Waals surface area contributed by atoms with Gasteiger partial charge in [-0.2, -0.15) is 10.2 Å². The summed E-state index contributed by atoms with van der Waals surface area (Å²) in [6, 6.07) is -0.190. The predicted molar refractivity (Wildman–Crippen MR) is 69.3 cm³/mol. The summed E-state index contributed by atoms with van der Waals surface area (Å²) in [6.45, 7) is 3.00. The van der Waals surface area contributed by atoms with Gasteiger partial charge in [-0.15, -0.1) is 0 Å². The Morgan fingerprint density at radius 1 is 1.39 bits per heavy atom. The summed E-state index contributed by atoms with van der Waals surface area (Å²) in [5, 5.41) is 8.41. The smallest absolute Gasteiger partial charge is 0.126 e. The average molecular weight is 249 g/mol. The lowest BCUT2D eigenvalue weighted by molar-refractivity contribution is 0.598. The van der Waals surface area contributed by atoms with Gasteiger partial charge >= 0.3 is 0 Å². The molecule has 0 fully saturated rings. The van der Waals surface area contributed by atoms with Crippen LogP contribution in [-0.2, 0) is 13.6 Å². The standard InChI is InChI=1S/C11H19N7/c1-3-4-18-7-8(5-15-18)10(16-13)9-6-14-17(2)11(9)12/h5-7,10,16H,3-4,12-13H2,1-2H3. The third kappa shape index (κ3) is 2.22. The summed E-state index contributed by atoms with van der Waals surface area (Å²) < 4.78 is 3.52. The number of hydrogen-bond donors (Lipinski definition) is 3. The Hall–Kier alpha value is -1.86. The highest BCUT2D eigenvalue weighted by Crippen LogP contribution is 2.25. The Bertz CT molecular complexity index is 513. The molecule has 5 N–H and O–H groups in total. The summed E-state index contributed by atoms with van der Waals surface area (Å²) >= 11 is 0. The molecule has 7 nitrogen and oxygen atoms in total. The van der Waals surface area contributed by atoms with E-state index in [4.69, 9.17) is 11.6 Å². The molecule has 7 heteroatoms. The first kappa shape index (κ1) is 12.6. The van der Waals surface area contributed by atoms with Crippen molar-refractivity contribution < 1.29 is 0 Å². The monoisotopic (exact) mass is 249 g/mol. The molecule has 0 saturated heterocycles. The topological polar surface area (TPSA) is 99.7 Å².